The number of carbonyl (C=O) groups excluding carboxylic acids is 1. The Balaban J connectivity index is 2.40. The molecule has 1 aliphatic heterocycles. The highest BCUT2D eigenvalue weighted by Crippen LogP contribution is 2.35. The number of benzene rings is 1. The van der Waals surface area contributed by atoms with Gasteiger partial charge in [-0.15, -0.1) is 0 Å². The SMILES string of the molecule is COc1c(C(=O)C2CCCS2)cccc1[N+](=O)[O-]. The zero-order chi connectivity index (χ0) is 13.1. The van der Waals surface area contributed by atoms with Crippen molar-refractivity contribution in [1.82, 2.24) is 0 Å². The maximum atomic E-state index is 12.3. The second kappa shape index (κ2) is 5.39. The molecule has 96 valence electrons. The molecule has 1 heterocycles. The monoisotopic (exact) mass is 267 g/mol. The van der Waals surface area contributed by atoms with E-state index < -0.39 is 4.92 Å². The molecule has 1 aromatic carbocycles. The molecular formula is C12H13NO4S. The lowest BCUT2D eigenvalue weighted by molar-refractivity contribution is -0.385. The molecule has 0 aromatic heterocycles. The predicted octanol–water partition coefficient (Wildman–Crippen LogP) is 2.68. The second-order valence-corrected chi connectivity index (χ2v) is 5.29. The van der Waals surface area contributed by atoms with E-state index >= 15 is 0 Å². The zero-order valence-corrected chi connectivity index (χ0v) is 10.7. The molecule has 6 heteroatoms. The van der Waals surface area contributed by atoms with Crippen molar-refractivity contribution in [1.29, 1.82) is 0 Å². The number of hydrogen-bond donors (Lipinski definition) is 0. The van der Waals surface area contributed by atoms with Crippen molar-refractivity contribution in [2.75, 3.05) is 12.9 Å². The Morgan fingerprint density at radius 1 is 1.56 bits per heavy atom. The van der Waals surface area contributed by atoms with Gasteiger partial charge in [0.15, 0.2) is 5.78 Å². The van der Waals surface area contributed by atoms with Crippen molar-refractivity contribution in [2.24, 2.45) is 0 Å². The molecule has 0 aliphatic carbocycles. The van der Waals surface area contributed by atoms with Gasteiger partial charge in [0.05, 0.1) is 22.8 Å². The number of rotatable bonds is 4. The summed E-state index contributed by atoms with van der Waals surface area (Å²) >= 11 is 1.60. The van der Waals surface area contributed by atoms with Crippen LogP contribution in [0.1, 0.15) is 23.2 Å². The van der Waals surface area contributed by atoms with Crippen LogP contribution in [-0.2, 0) is 0 Å². The third-order valence-electron chi connectivity index (χ3n) is 2.88. The average molecular weight is 267 g/mol. The Kier molecular flexibility index (Phi) is 3.86. The van der Waals surface area contributed by atoms with Crippen LogP contribution in [0.5, 0.6) is 5.75 Å². The van der Waals surface area contributed by atoms with Crippen molar-refractivity contribution in [2.45, 2.75) is 18.1 Å². The summed E-state index contributed by atoms with van der Waals surface area (Å²) in [7, 11) is 1.35. The van der Waals surface area contributed by atoms with Crippen molar-refractivity contribution in [3.8, 4) is 5.75 Å². The van der Waals surface area contributed by atoms with E-state index in [0.29, 0.717) is 5.56 Å². The van der Waals surface area contributed by atoms with Gasteiger partial charge in [0.25, 0.3) is 0 Å². The highest BCUT2D eigenvalue weighted by atomic mass is 32.2. The van der Waals surface area contributed by atoms with Crippen LogP contribution in [0.2, 0.25) is 0 Å². The van der Waals surface area contributed by atoms with Crippen LogP contribution in [0, 0.1) is 10.1 Å². The van der Waals surface area contributed by atoms with E-state index in [1.54, 1.807) is 17.8 Å². The van der Waals surface area contributed by atoms with Crippen LogP contribution in [0.15, 0.2) is 18.2 Å². The van der Waals surface area contributed by atoms with Crippen molar-refractivity contribution >= 4 is 23.2 Å². The first-order valence-electron chi connectivity index (χ1n) is 5.62. The summed E-state index contributed by atoms with van der Waals surface area (Å²) in [6.07, 6.45) is 1.84. The number of ether oxygens (including phenoxy) is 1. The van der Waals surface area contributed by atoms with E-state index in [-0.39, 0.29) is 22.5 Å². The molecule has 18 heavy (non-hydrogen) atoms. The Morgan fingerprint density at radius 2 is 2.33 bits per heavy atom. The molecule has 0 N–H and O–H groups in total. The lowest BCUT2D eigenvalue weighted by Gasteiger charge is -2.11. The third kappa shape index (κ3) is 2.33. The first kappa shape index (κ1) is 12.9. The Bertz CT molecular complexity index is 483. The van der Waals surface area contributed by atoms with Crippen LogP contribution in [0.25, 0.3) is 0 Å². The number of Topliss-reactive ketones (excluding diaryl/α,β-unsaturated/α-hetero) is 1. The molecule has 0 amide bonds. The smallest absolute Gasteiger partial charge is 0.311 e. The standard InChI is InChI=1S/C12H13NO4S/c1-17-12-8(4-2-5-9(12)13(15)16)11(14)10-6-3-7-18-10/h2,4-5,10H,3,6-7H2,1H3. The molecule has 0 spiro atoms. The minimum absolute atomic E-state index is 0.0694. The molecule has 1 aliphatic rings. The number of nitrogens with zero attached hydrogens (tertiary/aromatic N) is 1. The number of hydrogen-bond acceptors (Lipinski definition) is 5. The number of ketones is 1. The Morgan fingerprint density at radius 3 is 2.89 bits per heavy atom. The van der Waals surface area contributed by atoms with Gasteiger partial charge in [-0.3, -0.25) is 14.9 Å². The number of carbonyl (C=O) groups is 1. The lowest BCUT2D eigenvalue weighted by Crippen LogP contribution is -2.15. The molecule has 0 saturated carbocycles. The largest absolute Gasteiger partial charge is 0.490 e. The zero-order valence-electron chi connectivity index (χ0n) is 9.92. The number of thioether (sulfide) groups is 1. The van der Waals surface area contributed by atoms with Gasteiger partial charge < -0.3 is 4.74 Å². The molecule has 1 atom stereocenters. The van der Waals surface area contributed by atoms with Gasteiger partial charge in [-0.05, 0) is 24.7 Å². The number of methoxy groups -OCH3 is 1. The molecule has 0 bridgehead atoms. The van der Waals surface area contributed by atoms with E-state index in [0.717, 1.165) is 18.6 Å². The summed E-state index contributed by atoms with van der Waals surface area (Å²) in [5, 5.41) is 10.8. The van der Waals surface area contributed by atoms with Gasteiger partial charge >= 0.3 is 5.69 Å². The van der Waals surface area contributed by atoms with Crippen molar-refractivity contribution in [3.05, 3.63) is 33.9 Å². The maximum Gasteiger partial charge on any atom is 0.311 e. The van der Waals surface area contributed by atoms with E-state index in [9.17, 15) is 14.9 Å². The van der Waals surface area contributed by atoms with Gasteiger partial charge in [-0.25, -0.2) is 0 Å². The fourth-order valence-corrected chi connectivity index (χ4v) is 3.26. The quantitative estimate of drug-likeness (QED) is 0.476. The fraction of sp³-hybridized carbons (Fsp3) is 0.417. The maximum absolute atomic E-state index is 12.3. The number of nitro benzene ring substituents is 1. The molecule has 1 unspecified atom stereocenters. The highest BCUT2D eigenvalue weighted by molar-refractivity contribution is 8.00. The van der Waals surface area contributed by atoms with Crippen LogP contribution < -0.4 is 4.74 Å². The van der Waals surface area contributed by atoms with Crippen molar-refractivity contribution in [3.63, 3.8) is 0 Å². The third-order valence-corrected chi connectivity index (χ3v) is 4.26. The van der Waals surface area contributed by atoms with Gasteiger partial charge in [-0.1, -0.05) is 6.07 Å². The fourth-order valence-electron chi connectivity index (χ4n) is 2.04. The van der Waals surface area contributed by atoms with Gasteiger partial charge in [0.2, 0.25) is 5.75 Å². The highest BCUT2D eigenvalue weighted by Gasteiger charge is 2.29. The molecule has 1 fully saturated rings. The molecule has 5 nitrogen and oxygen atoms in total. The molecule has 2 rings (SSSR count). The van der Waals surface area contributed by atoms with Gasteiger partial charge in [-0.2, -0.15) is 11.8 Å². The summed E-state index contributed by atoms with van der Waals surface area (Å²) < 4.78 is 5.05. The Labute approximate surface area is 109 Å². The summed E-state index contributed by atoms with van der Waals surface area (Å²) in [5.41, 5.74) is 0.150. The minimum atomic E-state index is -0.530. The molecule has 1 saturated heterocycles. The van der Waals surface area contributed by atoms with Crippen molar-refractivity contribution < 1.29 is 14.5 Å². The van der Waals surface area contributed by atoms with E-state index in [2.05, 4.69) is 0 Å². The summed E-state index contributed by atoms with van der Waals surface area (Å²) in [6.45, 7) is 0. The first-order valence-corrected chi connectivity index (χ1v) is 6.67. The normalized spacial score (nSPS) is 18.6. The number of nitro groups is 1. The summed E-state index contributed by atoms with van der Waals surface area (Å²) in [4.78, 5) is 22.6. The summed E-state index contributed by atoms with van der Waals surface area (Å²) in [6, 6.07) is 4.46. The topological polar surface area (TPSA) is 69.4 Å². The van der Waals surface area contributed by atoms with Crippen LogP contribution >= 0.6 is 11.8 Å². The van der Waals surface area contributed by atoms with E-state index in [1.807, 2.05) is 0 Å². The Hall–Kier alpha value is -1.56. The van der Waals surface area contributed by atoms with Crippen LogP contribution in [0.4, 0.5) is 5.69 Å². The van der Waals surface area contributed by atoms with Crippen LogP contribution in [-0.4, -0.2) is 28.8 Å². The first-order chi connectivity index (χ1) is 8.65. The molecule has 0 radical (unpaired) electrons. The lowest BCUT2D eigenvalue weighted by atomic mass is 10.0. The number of para-hydroxylation sites is 1. The molecular weight excluding hydrogens is 254 g/mol. The predicted molar refractivity (Wildman–Crippen MR) is 69.5 cm³/mol. The van der Waals surface area contributed by atoms with E-state index in [1.165, 1.54) is 19.2 Å². The van der Waals surface area contributed by atoms with E-state index in [4.69, 9.17) is 4.74 Å². The minimum Gasteiger partial charge on any atom is -0.490 e. The summed E-state index contributed by atoms with van der Waals surface area (Å²) in [5.74, 6) is 0.964. The second-order valence-electron chi connectivity index (χ2n) is 3.98. The van der Waals surface area contributed by atoms with Gasteiger partial charge in [0.1, 0.15) is 0 Å². The molecule has 1 aromatic rings. The van der Waals surface area contributed by atoms with Crippen LogP contribution in [0.3, 0.4) is 0 Å². The van der Waals surface area contributed by atoms with Gasteiger partial charge in [0, 0.05) is 6.07 Å². The average Bonchev–Trinajstić information content (AvgIpc) is 2.90.